The average molecular weight is 168 g/mol. The second kappa shape index (κ2) is 4.38. The Bertz CT molecular complexity index is 128. The van der Waals surface area contributed by atoms with E-state index < -0.39 is 12.3 Å². The van der Waals surface area contributed by atoms with Crippen LogP contribution in [0.1, 0.15) is 19.8 Å². The second-order valence-corrected chi connectivity index (χ2v) is 2.20. The summed E-state index contributed by atoms with van der Waals surface area (Å²) >= 11 is 0. The Balaban J connectivity index is 3.77. The van der Waals surface area contributed by atoms with E-state index in [1.54, 1.807) is 0 Å². The number of unbranched alkanes of at least 4 members (excludes halogenated alkanes) is 1. The molecule has 1 atom stereocenters. The predicted octanol–water partition coefficient (Wildman–Crippen LogP) is 2.27. The molecule has 4 heteroatoms. The molecule has 0 spiro atoms. The molecule has 0 fully saturated rings. The highest BCUT2D eigenvalue weighted by Crippen LogP contribution is 2.20. The van der Waals surface area contributed by atoms with Crippen LogP contribution in [0, 0.1) is 0 Å². The Morgan fingerprint density at radius 1 is 1.45 bits per heavy atom. The van der Waals surface area contributed by atoms with E-state index in [9.17, 15) is 13.2 Å². The molecule has 0 aromatic heterocycles. The van der Waals surface area contributed by atoms with Crippen molar-refractivity contribution in [2.24, 2.45) is 0 Å². The fourth-order valence-corrected chi connectivity index (χ4v) is 0.501. The lowest BCUT2D eigenvalue weighted by molar-refractivity contribution is -0.187. The highest BCUT2D eigenvalue weighted by molar-refractivity contribution is 4.91. The van der Waals surface area contributed by atoms with Gasteiger partial charge >= 0.3 is 6.18 Å². The van der Waals surface area contributed by atoms with Crippen LogP contribution in [0.5, 0.6) is 0 Å². The van der Waals surface area contributed by atoms with Gasteiger partial charge in [0.05, 0.1) is 0 Å². The van der Waals surface area contributed by atoms with Crippen molar-refractivity contribution < 1.29 is 18.3 Å². The Morgan fingerprint density at radius 2 is 2.00 bits per heavy atom. The van der Waals surface area contributed by atoms with E-state index in [-0.39, 0.29) is 0 Å². The lowest BCUT2D eigenvalue weighted by Gasteiger charge is -2.09. The van der Waals surface area contributed by atoms with E-state index in [0.29, 0.717) is 6.42 Å². The molecule has 0 radical (unpaired) electrons. The summed E-state index contributed by atoms with van der Waals surface area (Å²) in [4.78, 5) is 0. The zero-order valence-corrected chi connectivity index (χ0v) is 6.23. The molecule has 0 bridgehead atoms. The standard InChI is InChI=1S/C7H11F3O/c1-2-3-4-5-6(11)7(8,9)10/h4-6,11H,2-3H2,1H3/b5-4+/t6-/m0/s1. The van der Waals surface area contributed by atoms with Gasteiger partial charge in [0, 0.05) is 0 Å². The molecular formula is C7H11F3O. The van der Waals surface area contributed by atoms with Gasteiger partial charge in [0.2, 0.25) is 0 Å². The monoisotopic (exact) mass is 168 g/mol. The van der Waals surface area contributed by atoms with Crippen molar-refractivity contribution >= 4 is 0 Å². The van der Waals surface area contributed by atoms with Crippen molar-refractivity contribution in [1.29, 1.82) is 0 Å². The minimum atomic E-state index is -4.52. The molecule has 11 heavy (non-hydrogen) atoms. The summed E-state index contributed by atoms with van der Waals surface area (Å²) in [6.07, 6.45) is -3.39. The van der Waals surface area contributed by atoms with E-state index in [1.807, 2.05) is 6.92 Å². The zero-order valence-electron chi connectivity index (χ0n) is 6.23. The highest BCUT2D eigenvalue weighted by atomic mass is 19.4. The normalized spacial score (nSPS) is 15.7. The number of allylic oxidation sites excluding steroid dienone is 1. The number of alkyl halides is 3. The van der Waals surface area contributed by atoms with Crippen molar-refractivity contribution in [3.05, 3.63) is 12.2 Å². The molecule has 0 aliphatic carbocycles. The fourth-order valence-electron chi connectivity index (χ4n) is 0.501. The Kier molecular flexibility index (Phi) is 4.18. The minimum Gasteiger partial charge on any atom is -0.380 e. The fraction of sp³-hybridized carbons (Fsp3) is 0.714. The molecule has 0 aliphatic rings. The SMILES string of the molecule is CCC/C=C/[C@H](O)C(F)(F)F. The summed E-state index contributed by atoms with van der Waals surface area (Å²) in [5.41, 5.74) is 0. The van der Waals surface area contributed by atoms with Crippen LogP contribution in [0.25, 0.3) is 0 Å². The summed E-state index contributed by atoms with van der Waals surface area (Å²) in [6, 6.07) is 0. The first-order chi connectivity index (χ1) is 4.98. The van der Waals surface area contributed by atoms with E-state index in [1.165, 1.54) is 6.08 Å². The average Bonchev–Trinajstić information content (AvgIpc) is 1.86. The summed E-state index contributed by atoms with van der Waals surface area (Å²) in [5.74, 6) is 0. The van der Waals surface area contributed by atoms with Crippen LogP contribution in [-0.2, 0) is 0 Å². The van der Waals surface area contributed by atoms with Gasteiger partial charge in [-0.1, -0.05) is 25.5 Å². The predicted molar refractivity (Wildman–Crippen MR) is 36.1 cm³/mol. The van der Waals surface area contributed by atoms with E-state index in [4.69, 9.17) is 5.11 Å². The molecule has 0 aromatic rings. The van der Waals surface area contributed by atoms with Gasteiger partial charge in [0.15, 0.2) is 6.10 Å². The van der Waals surface area contributed by atoms with Crippen LogP contribution < -0.4 is 0 Å². The molecule has 0 rings (SSSR count). The van der Waals surface area contributed by atoms with Crippen molar-refractivity contribution in [1.82, 2.24) is 0 Å². The molecule has 66 valence electrons. The lowest BCUT2D eigenvalue weighted by atomic mass is 10.2. The zero-order chi connectivity index (χ0) is 8.91. The second-order valence-electron chi connectivity index (χ2n) is 2.20. The van der Waals surface area contributed by atoms with Gasteiger partial charge in [0.1, 0.15) is 0 Å². The molecule has 0 unspecified atom stereocenters. The van der Waals surface area contributed by atoms with E-state index >= 15 is 0 Å². The third-order valence-electron chi connectivity index (χ3n) is 1.11. The maximum Gasteiger partial charge on any atom is 0.417 e. The topological polar surface area (TPSA) is 20.2 Å². The third-order valence-corrected chi connectivity index (χ3v) is 1.11. The lowest BCUT2D eigenvalue weighted by Crippen LogP contribution is -2.25. The summed E-state index contributed by atoms with van der Waals surface area (Å²) in [5, 5.41) is 8.40. The molecule has 1 nitrogen and oxygen atoms in total. The maximum absolute atomic E-state index is 11.6. The van der Waals surface area contributed by atoms with Gasteiger partial charge in [-0.2, -0.15) is 13.2 Å². The van der Waals surface area contributed by atoms with Crippen LogP contribution >= 0.6 is 0 Å². The number of halogens is 3. The van der Waals surface area contributed by atoms with Gasteiger partial charge in [-0.15, -0.1) is 0 Å². The Morgan fingerprint density at radius 3 is 2.36 bits per heavy atom. The quantitative estimate of drug-likeness (QED) is 0.641. The first-order valence-electron chi connectivity index (χ1n) is 3.40. The van der Waals surface area contributed by atoms with Crippen LogP contribution in [0.2, 0.25) is 0 Å². The van der Waals surface area contributed by atoms with Crippen LogP contribution in [0.4, 0.5) is 13.2 Å². The molecule has 0 saturated carbocycles. The van der Waals surface area contributed by atoms with Gasteiger partial charge in [-0.3, -0.25) is 0 Å². The first kappa shape index (κ1) is 10.5. The smallest absolute Gasteiger partial charge is 0.380 e. The van der Waals surface area contributed by atoms with Crippen molar-refractivity contribution in [3.63, 3.8) is 0 Å². The maximum atomic E-state index is 11.6. The number of hydrogen-bond acceptors (Lipinski definition) is 1. The summed E-state index contributed by atoms with van der Waals surface area (Å²) in [6.45, 7) is 1.85. The minimum absolute atomic E-state index is 0.563. The van der Waals surface area contributed by atoms with Gasteiger partial charge in [-0.25, -0.2) is 0 Å². The van der Waals surface area contributed by atoms with E-state index in [2.05, 4.69) is 0 Å². The van der Waals surface area contributed by atoms with Crippen molar-refractivity contribution in [2.45, 2.75) is 32.0 Å². The van der Waals surface area contributed by atoms with E-state index in [0.717, 1.165) is 12.5 Å². The summed E-state index contributed by atoms with van der Waals surface area (Å²) in [7, 11) is 0. The molecule has 1 N–H and O–H groups in total. The van der Waals surface area contributed by atoms with Crippen LogP contribution in [0.15, 0.2) is 12.2 Å². The Hall–Kier alpha value is -0.510. The molecule has 0 amide bonds. The number of hydrogen-bond donors (Lipinski definition) is 1. The summed E-state index contributed by atoms with van der Waals surface area (Å²) < 4.78 is 34.7. The number of aliphatic hydroxyl groups is 1. The molecule has 0 heterocycles. The van der Waals surface area contributed by atoms with Crippen molar-refractivity contribution in [3.8, 4) is 0 Å². The Labute approximate surface area is 63.5 Å². The van der Waals surface area contributed by atoms with Gasteiger partial charge < -0.3 is 5.11 Å². The number of aliphatic hydroxyl groups excluding tert-OH is 1. The van der Waals surface area contributed by atoms with Gasteiger partial charge in [0.25, 0.3) is 0 Å². The third kappa shape index (κ3) is 4.84. The molecule has 0 saturated heterocycles. The van der Waals surface area contributed by atoms with Crippen LogP contribution in [-0.4, -0.2) is 17.4 Å². The van der Waals surface area contributed by atoms with Crippen molar-refractivity contribution in [2.75, 3.05) is 0 Å². The number of rotatable bonds is 3. The molecular weight excluding hydrogens is 157 g/mol. The largest absolute Gasteiger partial charge is 0.417 e. The molecule has 0 aliphatic heterocycles. The molecule has 0 aromatic carbocycles. The van der Waals surface area contributed by atoms with Gasteiger partial charge in [-0.05, 0) is 6.42 Å². The van der Waals surface area contributed by atoms with Crippen LogP contribution in [0.3, 0.4) is 0 Å². The first-order valence-corrected chi connectivity index (χ1v) is 3.40. The highest BCUT2D eigenvalue weighted by Gasteiger charge is 2.35.